The van der Waals surface area contributed by atoms with Crippen LogP contribution in [0.4, 0.5) is 0 Å². The number of benzene rings is 2. The molecule has 3 heterocycles. The van der Waals surface area contributed by atoms with Crippen LogP contribution in [0.2, 0.25) is 0 Å². The van der Waals surface area contributed by atoms with E-state index in [4.69, 9.17) is 4.98 Å². The van der Waals surface area contributed by atoms with E-state index in [-0.39, 0.29) is 17.2 Å². The predicted molar refractivity (Wildman–Crippen MR) is 140 cm³/mol. The maximum atomic E-state index is 13.2. The molecule has 0 unspecified atom stereocenters. The number of carbonyl (C=O) groups is 1. The van der Waals surface area contributed by atoms with Crippen molar-refractivity contribution in [2.45, 2.75) is 18.1 Å². The first-order valence-corrected chi connectivity index (χ1v) is 12.7. The SMILES string of the molecule is C=CCn1c(SCC(=O)N2CCC(c3ccccc3)=N2)nc2cc(-c3ccccc3)sc2c1=O. The molecular weight excluding hydrogens is 464 g/mol. The number of thioether (sulfide) groups is 1. The highest BCUT2D eigenvalue weighted by molar-refractivity contribution is 7.99. The second kappa shape index (κ2) is 9.79. The molecular formula is C26H22N4O2S2. The molecule has 8 heteroatoms. The third-order valence-electron chi connectivity index (χ3n) is 5.49. The van der Waals surface area contributed by atoms with Gasteiger partial charge < -0.3 is 0 Å². The average molecular weight is 487 g/mol. The molecule has 0 saturated heterocycles. The van der Waals surface area contributed by atoms with Crippen molar-refractivity contribution < 1.29 is 4.79 Å². The molecule has 0 saturated carbocycles. The summed E-state index contributed by atoms with van der Waals surface area (Å²) in [6, 6.07) is 21.8. The van der Waals surface area contributed by atoms with E-state index in [9.17, 15) is 9.59 Å². The van der Waals surface area contributed by atoms with Crippen LogP contribution < -0.4 is 5.56 Å². The van der Waals surface area contributed by atoms with Crippen molar-refractivity contribution in [2.75, 3.05) is 12.3 Å². The standard InChI is InChI=1S/C26H22N4O2S2/c1-2-14-29-25(32)24-21(16-22(34-24)19-11-7-4-8-12-19)27-26(29)33-17-23(31)30-15-13-20(28-30)18-9-5-3-6-10-18/h2-12,16H,1,13-15,17H2. The van der Waals surface area contributed by atoms with Gasteiger partial charge in [0.1, 0.15) is 4.70 Å². The lowest BCUT2D eigenvalue weighted by Gasteiger charge is -2.13. The predicted octanol–water partition coefficient (Wildman–Crippen LogP) is 5.04. The van der Waals surface area contributed by atoms with Crippen molar-refractivity contribution in [3.8, 4) is 10.4 Å². The Hall–Kier alpha value is -3.49. The zero-order valence-electron chi connectivity index (χ0n) is 18.4. The molecule has 1 aliphatic rings. The molecule has 6 nitrogen and oxygen atoms in total. The number of allylic oxidation sites excluding steroid dienone is 1. The number of hydrogen-bond donors (Lipinski definition) is 0. The number of aromatic nitrogens is 2. The number of hydrazone groups is 1. The summed E-state index contributed by atoms with van der Waals surface area (Å²) in [5, 5.41) is 6.54. The summed E-state index contributed by atoms with van der Waals surface area (Å²) < 4.78 is 2.19. The quantitative estimate of drug-likeness (QED) is 0.209. The molecule has 0 radical (unpaired) electrons. The van der Waals surface area contributed by atoms with Crippen LogP contribution >= 0.6 is 23.1 Å². The maximum Gasteiger partial charge on any atom is 0.272 e. The van der Waals surface area contributed by atoms with E-state index >= 15 is 0 Å². The number of thiophene rings is 1. The highest BCUT2D eigenvalue weighted by atomic mass is 32.2. The molecule has 0 aliphatic carbocycles. The molecule has 0 spiro atoms. The van der Waals surface area contributed by atoms with Crippen LogP contribution in [0.1, 0.15) is 12.0 Å². The molecule has 0 bridgehead atoms. The Morgan fingerprint density at radius 1 is 1.09 bits per heavy atom. The smallest absolute Gasteiger partial charge is 0.272 e. The van der Waals surface area contributed by atoms with Gasteiger partial charge in [0.25, 0.3) is 11.5 Å². The minimum atomic E-state index is -0.113. The fourth-order valence-corrected chi connectivity index (χ4v) is 5.74. The number of hydrogen-bond acceptors (Lipinski definition) is 6. The van der Waals surface area contributed by atoms with Crippen LogP contribution in [0.3, 0.4) is 0 Å². The summed E-state index contributed by atoms with van der Waals surface area (Å²) in [5.74, 6) is 0.0433. The lowest BCUT2D eigenvalue weighted by atomic mass is 10.1. The van der Waals surface area contributed by atoms with Gasteiger partial charge in [-0.15, -0.1) is 17.9 Å². The monoisotopic (exact) mass is 486 g/mol. The second-order valence-electron chi connectivity index (χ2n) is 7.76. The topological polar surface area (TPSA) is 67.6 Å². The molecule has 0 N–H and O–H groups in total. The fourth-order valence-electron chi connectivity index (χ4n) is 3.81. The van der Waals surface area contributed by atoms with E-state index in [0.717, 1.165) is 28.1 Å². The third-order valence-corrected chi connectivity index (χ3v) is 7.61. The zero-order chi connectivity index (χ0) is 23.5. The maximum absolute atomic E-state index is 13.2. The summed E-state index contributed by atoms with van der Waals surface area (Å²) in [6.45, 7) is 4.67. The summed E-state index contributed by atoms with van der Waals surface area (Å²) >= 11 is 2.70. The first-order chi connectivity index (χ1) is 16.6. The summed E-state index contributed by atoms with van der Waals surface area (Å²) in [4.78, 5) is 31.8. The molecule has 4 aromatic rings. The summed E-state index contributed by atoms with van der Waals surface area (Å²) in [5.41, 5.74) is 3.52. The minimum absolute atomic E-state index is 0.106. The Bertz CT molecular complexity index is 1440. The normalized spacial score (nSPS) is 13.3. The van der Waals surface area contributed by atoms with Gasteiger partial charge in [-0.05, 0) is 17.2 Å². The van der Waals surface area contributed by atoms with Crippen LogP contribution in [0.25, 0.3) is 20.7 Å². The molecule has 5 rings (SSSR count). The van der Waals surface area contributed by atoms with E-state index in [1.165, 1.54) is 28.1 Å². The zero-order valence-corrected chi connectivity index (χ0v) is 20.0. The molecule has 34 heavy (non-hydrogen) atoms. The summed E-state index contributed by atoms with van der Waals surface area (Å²) in [6.07, 6.45) is 2.40. The van der Waals surface area contributed by atoms with Gasteiger partial charge in [0.15, 0.2) is 5.16 Å². The second-order valence-corrected chi connectivity index (χ2v) is 9.75. The van der Waals surface area contributed by atoms with Crippen molar-refractivity contribution in [2.24, 2.45) is 5.10 Å². The van der Waals surface area contributed by atoms with Gasteiger partial charge in [0, 0.05) is 17.8 Å². The third kappa shape index (κ3) is 4.47. The number of amides is 1. The van der Waals surface area contributed by atoms with E-state index in [1.807, 2.05) is 66.7 Å². The van der Waals surface area contributed by atoms with E-state index < -0.39 is 0 Å². The molecule has 0 atom stereocenters. The minimum Gasteiger partial charge on any atom is -0.282 e. The number of nitrogens with zero attached hydrogens (tertiary/aromatic N) is 4. The van der Waals surface area contributed by atoms with Crippen molar-refractivity contribution in [3.05, 3.63) is 95.3 Å². The summed E-state index contributed by atoms with van der Waals surface area (Å²) in [7, 11) is 0. The molecule has 2 aromatic heterocycles. The van der Waals surface area contributed by atoms with Crippen LogP contribution in [0.5, 0.6) is 0 Å². The molecule has 0 fully saturated rings. The highest BCUT2D eigenvalue weighted by Gasteiger charge is 2.23. The van der Waals surface area contributed by atoms with Crippen molar-refractivity contribution >= 4 is 44.9 Å². The first-order valence-electron chi connectivity index (χ1n) is 10.9. The number of fused-ring (bicyclic) bond motifs is 1. The molecule has 1 amide bonds. The van der Waals surface area contributed by atoms with Crippen LogP contribution in [-0.2, 0) is 11.3 Å². The van der Waals surface area contributed by atoms with Crippen molar-refractivity contribution in [1.29, 1.82) is 0 Å². The Morgan fingerprint density at radius 2 is 1.79 bits per heavy atom. The van der Waals surface area contributed by atoms with Gasteiger partial charge in [-0.25, -0.2) is 9.99 Å². The van der Waals surface area contributed by atoms with Gasteiger partial charge >= 0.3 is 0 Å². The lowest BCUT2D eigenvalue weighted by molar-refractivity contribution is -0.127. The van der Waals surface area contributed by atoms with Gasteiger partial charge in [0.2, 0.25) is 0 Å². The Kier molecular flexibility index (Phi) is 6.42. The van der Waals surface area contributed by atoms with Gasteiger partial charge in [-0.2, -0.15) is 5.10 Å². The van der Waals surface area contributed by atoms with Crippen LogP contribution in [0, 0.1) is 0 Å². The van der Waals surface area contributed by atoms with E-state index in [1.54, 1.807) is 10.6 Å². The Labute approximate surface area is 205 Å². The molecule has 2 aromatic carbocycles. The van der Waals surface area contributed by atoms with Gasteiger partial charge in [0.05, 0.1) is 23.5 Å². The van der Waals surface area contributed by atoms with Crippen LogP contribution in [-0.4, -0.2) is 38.5 Å². The van der Waals surface area contributed by atoms with Crippen LogP contribution in [0.15, 0.2) is 94.4 Å². The van der Waals surface area contributed by atoms with Gasteiger partial charge in [-0.1, -0.05) is 78.5 Å². The van der Waals surface area contributed by atoms with E-state index in [2.05, 4.69) is 11.7 Å². The largest absolute Gasteiger partial charge is 0.282 e. The number of carbonyl (C=O) groups excluding carboxylic acids is 1. The first kappa shape index (κ1) is 22.3. The average Bonchev–Trinajstić information content (AvgIpc) is 3.54. The Morgan fingerprint density at radius 3 is 2.50 bits per heavy atom. The fraction of sp³-hybridized carbons (Fsp3) is 0.154. The highest BCUT2D eigenvalue weighted by Crippen LogP contribution is 2.32. The number of rotatable bonds is 7. The van der Waals surface area contributed by atoms with Gasteiger partial charge in [-0.3, -0.25) is 14.2 Å². The lowest BCUT2D eigenvalue weighted by Crippen LogP contribution is -2.26. The van der Waals surface area contributed by atoms with Crippen molar-refractivity contribution in [1.82, 2.24) is 14.6 Å². The molecule has 170 valence electrons. The van der Waals surface area contributed by atoms with E-state index in [0.29, 0.717) is 28.5 Å². The van der Waals surface area contributed by atoms with Crippen molar-refractivity contribution in [3.63, 3.8) is 0 Å². The Balaban J connectivity index is 1.39. The molecule has 1 aliphatic heterocycles.